The van der Waals surface area contributed by atoms with Crippen LogP contribution in [0.15, 0.2) is 6.20 Å². The highest BCUT2D eigenvalue weighted by molar-refractivity contribution is 5.28. The van der Waals surface area contributed by atoms with Crippen molar-refractivity contribution in [3.05, 3.63) is 11.9 Å². The lowest BCUT2D eigenvalue weighted by Gasteiger charge is -2.16. The summed E-state index contributed by atoms with van der Waals surface area (Å²) in [6.07, 6.45) is 4.92. The van der Waals surface area contributed by atoms with Crippen molar-refractivity contribution in [2.75, 3.05) is 7.11 Å². The van der Waals surface area contributed by atoms with E-state index < -0.39 is 0 Å². The van der Waals surface area contributed by atoms with Crippen LogP contribution in [0.1, 0.15) is 51.8 Å². The minimum atomic E-state index is 0.0152. The summed E-state index contributed by atoms with van der Waals surface area (Å²) in [4.78, 5) is 0. The van der Waals surface area contributed by atoms with Crippen molar-refractivity contribution in [3.63, 3.8) is 0 Å². The molecule has 0 aliphatic heterocycles. The van der Waals surface area contributed by atoms with Gasteiger partial charge in [0.2, 0.25) is 0 Å². The van der Waals surface area contributed by atoms with Gasteiger partial charge < -0.3 is 10.5 Å². The van der Waals surface area contributed by atoms with E-state index in [1.807, 2.05) is 4.68 Å². The molecule has 1 atom stereocenters. The van der Waals surface area contributed by atoms with Crippen LogP contribution in [0.5, 0.6) is 5.75 Å². The Kier molecular flexibility index (Phi) is 5.48. The summed E-state index contributed by atoms with van der Waals surface area (Å²) in [5.74, 6) is 1.49. The summed E-state index contributed by atoms with van der Waals surface area (Å²) in [6.45, 7) is 7.46. The molecule has 0 amide bonds. The van der Waals surface area contributed by atoms with Crippen LogP contribution in [0.2, 0.25) is 0 Å². The molecule has 0 fully saturated rings. The molecule has 0 aliphatic carbocycles. The summed E-state index contributed by atoms with van der Waals surface area (Å²) in [6, 6.07) is 0.0152. The van der Waals surface area contributed by atoms with E-state index in [4.69, 9.17) is 10.5 Å². The molecule has 1 unspecified atom stereocenters. The predicted molar refractivity (Wildman–Crippen MR) is 70.1 cm³/mol. The third-order valence-electron chi connectivity index (χ3n) is 2.91. The Morgan fingerprint density at radius 1 is 1.41 bits per heavy atom. The van der Waals surface area contributed by atoms with Gasteiger partial charge in [0.25, 0.3) is 0 Å². The van der Waals surface area contributed by atoms with Gasteiger partial charge in [-0.2, -0.15) is 5.10 Å². The summed E-state index contributed by atoms with van der Waals surface area (Å²) >= 11 is 0. The normalized spacial score (nSPS) is 13.1. The largest absolute Gasteiger partial charge is 0.493 e. The number of methoxy groups -OCH3 is 1. The second-order valence-electron chi connectivity index (χ2n) is 4.90. The zero-order chi connectivity index (χ0) is 12.8. The topological polar surface area (TPSA) is 53.1 Å². The Bertz CT molecular complexity index is 333. The highest BCUT2D eigenvalue weighted by Crippen LogP contribution is 2.27. The summed E-state index contributed by atoms with van der Waals surface area (Å²) in [7, 11) is 1.67. The van der Waals surface area contributed by atoms with Crippen molar-refractivity contribution in [2.24, 2.45) is 11.7 Å². The maximum absolute atomic E-state index is 6.25. The Balaban J connectivity index is 2.80. The third-order valence-corrected chi connectivity index (χ3v) is 2.91. The fourth-order valence-electron chi connectivity index (χ4n) is 1.95. The van der Waals surface area contributed by atoms with Gasteiger partial charge in [0, 0.05) is 6.54 Å². The van der Waals surface area contributed by atoms with Crippen molar-refractivity contribution < 1.29 is 4.74 Å². The summed E-state index contributed by atoms with van der Waals surface area (Å²) in [5.41, 5.74) is 7.29. The maximum atomic E-state index is 6.25. The van der Waals surface area contributed by atoms with Crippen molar-refractivity contribution >= 4 is 0 Å². The molecule has 98 valence electrons. The lowest BCUT2D eigenvalue weighted by molar-refractivity contribution is 0.393. The Labute approximate surface area is 104 Å². The van der Waals surface area contributed by atoms with Gasteiger partial charge in [-0.05, 0) is 25.2 Å². The second kappa shape index (κ2) is 6.64. The van der Waals surface area contributed by atoms with Gasteiger partial charge in [-0.25, -0.2) is 0 Å². The van der Waals surface area contributed by atoms with Crippen LogP contribution in [-0.2, 0) is 6.54 Å². The monoisotopic (exact) mass is 239 g/mol. The van der Waals surface area contributed by atoms with E-state index in [1.54, 1.807) is 13.3 Å². The fourth-order valence-corrected chi connectivity index (χ4v) is 1.95. The summed E-state index contributed by atoms with van der Waals surface area (Å²) < 4.78 is 7.31. The summed E-state index contributed by atoms with van der Waals surface area (Å²) in [5, 5.41) is 4.34. The molecule has 4 heteroatoms. The molecule has 2 N–H and O–H groups in total. The van der Waals surface area contributed by atoms with Crippen LogP contribution in [0.4, 0.5) is 0 Å². The lowest BCUT2D eigenvalue weighted by Crippen LogP contribution is -2.18. The minimum absolute atomic E-state index is 0.0152. The third kappa shape index (κ3) is 3.73. The fraction of sp³-hybridized carbons (Fsp3) is 0.769. The molecule has 17 heavy (non-hydrogen) atoms. The molecule has 0 saturated heterocycles. The number of nitrogens with two attached hydrogens (primary N) is 1. The smallest absolute Gasteiger partial charge is 0.161 e. The van der Waals surface area contributed by atoms with Crippen molar-refractivity contribution in [3.8, 4) is 5.75 Å². The van der Waals surface area contributed by atoms with Gasteiger partial charge in [-0.15, -0.1) is 0 Å². The zero-order valence-electron chi connectivity index (χ0n) is 11.4. The Morgan fingerprint density at radius 3 is 2.65 bits per heavy atom. The molecular weight excluding hydrogens is 214 g/mol. The quantitative estimate of drug-likeness (QED) is 0.796. The molecule has 1 rings (SSSR count). The lowest BCUT2D eigenvalue weighted by atomic mass is 10.0. The van der Waals surface area contributed by atoms with Gasteiger partial charge in [0.05, 0.1) is 25.0 Å². The van der Waals surface area contributed by atoms with Crippen LogP contribution in [0, 0.1) is 5.92 Å². The second-order valence-corrected chi connectivity index (χ2v) is 4.90. The first kappa shape index (κ1) is 14.0. The SMILES string of the molecule is CCCn1ncc(OC)c1C(N)CCC(C)C. The number of aryl methyl sites for hydroxylation is 1. The van der Waals surface area contributed by atoms with Gasteiger partial charge in [0.1, 0.15) is 0 Å². The maximum Gasteiger partial charge on any atom is 0.161 e. The number of ether oxygens (including phenoxy) is 1. The first-order valence-electron chi connectivity index (χ1n) is 6.45. The van der Waals surface area contributed by atoms with E-state index in [2.05, 4.69) is 25.9 Å². The molecule has 0 spiro atoms. The van der Waals surface area contributed by atoms with Gasteiger partial charge in [0.15, 0.2) is 5.75 Å². The van der Waals surface area contributed by atoms with Gasteiger partial charge in [-0.1, -0.05) is 20.8 Å². The molecule has 0 aliphatic rings. The van der Waals surface area contributed by atoms with Crippen LogP contribution in [0.25, 0.3) is 0 Å². The number of rotatable bonds is 7. The Hall–Kier alpha value is -1.03. The molecule has 0 bridgehead atoms. The average Bonchev–Trinajstić information content (AvgIpc) is 2.69. The molecule has 0 radical (unpaired) electrons. The van der Waals surface area contributed by atoms with E-state index >= 15 is 0 Å². The van der Waals surface area contributed by atoms with Gasteiger partial charge in [-0.3, -0.25) is 4.68 Å². The van der Waals surface area contributed by atoms with Crippen molar-refractivity contribution in [2.45, 2.75) is 52.6 Å². The van der Waals surface area contributed by atoms with Crippen LogP contribution < -0.4 is 10.5 Å². The minimum Gasteiger partial charge on any atom is -0.493 e. The number of aromatic nitrogens is 2. The van der Waals surface area contributed by atoms with Crippen molar-refractivity contribution in [1.29, 1.82) is 0 Å². The highest BCUT2D eigenvalue weighted by Gasteiger charge is 2.18. The van der Waals surface area contributed by atoms with E-state index in [0.29, 0.717) is 5.92 Å². The molecule has 0 saturated carbocycles. The van der Waals surface area contributed by atoms with Crippen LogP contribution in [0.3, 0.4) is 0 Å². The first-order chi connectivity index (χ1) is 8.10. The van der Waals surface area contributed by atoms with Crippen molar-refractivity contribution in [1.82, 2.24) is 9.78 Å². The Morgan fingerprint density at radius 2 is 2.12 bits per heavy atom. The number of nitrogens with zero attached hydrogens (tertiary/aromatic N) is 2. The molecule has 4 nitrogen and oxygen atoms in total. The van der Waals surface area contributed by atoms with E-state index in [9.17, 15) is 0 Å². The standard InChI is InChI=1S/C13H25N3O/c1-5-8-16-13(12(17-4)9-15-16)11(14)7-6-10(2)3/h9-11H,5-8,14H2,1-4H3. The van der Waals surface area contributed by atoms with Gasteiger partial charge >= 0.3 is 0 Å². The number of hydrogen-bond donors (Lipinski definition) is 1. The van der Waals surface area contributed by atoms with E-state index in [-0.39, 0.29) is 6.04 Å². The number of hydrogen-bond acceptors (Lipinski definition) is 3. The molecule has 1 aromatic rings. The average molecular weight is 239 g/mol. The highest BCUT2D eigenvalue weighted by atomic mass is 16.5. The molecule has 1 aromatic heterocycles. The van der Waals surface area contributed by atoms with E-state index in [0.717, 1.165) is 37.3 Å². The van der Waals surface area contributed by atoms with E-state index in [1.165, 1.54) is 0 Å². The molecule has 1 heterocycles. The van der Waals surface area contributed by atoms with Crippen LogP contribution >= 0.6 is 0 Å². The molecule has 0 aromatic carbocycles. The molecular formula is C13H25N3O. The van der Waals surface area contributed by atoms with Crippen LogP contribution in [-0.4, -0.2) is 16.9 Å². The first-order valence-corrected chi connectivity index (χ1v) is 6.45. The predicted octanol–water partition coefficient (Wildman–Crippen LogP) is 2.74. The zero-order valence-corrected chi connectivity index (χ0v) is 11.4.